The predicted octanol–water partition coefficient (Wildman–Crippen LogP) is 4.24. The zero-order valence-electron chi connectivity index (χ0n) is 9.94. The number of allylic oxidation sites excluding steroid dienone is 4. The topological polar surface area (TPSA) is 9.23 Å². The van der Waals surface area contributed by atoms with Crippen molar-refractivity contribution >= 4 is 0 Å². The lowest BCUT2D eigenvalue weighted by molar-refractivity contribution is 0.206. The number of ether oxygens (including phenoxy) is 1. The number of hydrogen-bond acceptors (Lipinski definition) is 1. The van der Waals surface area contributed by atoms with Gasteiger partial charge in [-0.25, -0.2) is 0 Å². The van der Waals surface area contributed by atoms with Crippen molar-refractivity contribution in [3.63, 3.8) is 0 Å². The van der Waals surface area contributed by atoms with E-state index in [0.717, 1.165) is 11.3 Å². The van der Waals surface area contributed by atoms with Crippen LogP contribution >= 0.6 is 0 Å². The zero-order chi connectivity index (χ0) is 11.8. The molecule has 1 nitrogen and oxygen atoms in total. The van der Waals surface area contributed by atoms with E-state index < -0.39 is 0 Å². The average molecular weight is 214 g/mol. The van der Waals surface area contributed by atoms with E-state index >= 15 is 0 Å². The van der Waals surface area contributed by atoms with Gasteiger partial charge in [-0.3, -0.25) is 0 Å². The van der Waals surface area contributed by atoms with E-state index in [-0.39, 0.29) is 0 Å². The predicted molar refractivity (Wildman–Crippen MR) is 68.9 cm³/mol. The van der Waals surface area contributed by atoms with Gasteiger partial charge in [0.1, 0.15) is 12.4 Å². The summed E-state index contributed by atoms with van der Waals surface area (Å²) in [5, 5.41) is 0. The fourth-order valence-corrected chi connectivity index (χ4v) is 1.28. The Kier molecular flexibility index (Phi) is 5.13. The van der Waals surface area contributed by atoms with Crippen LogP contribution in [0.5, 0.6) is 0 Å². The molecule has 1 aromatic carbocycles. The van der Waals surface area contributed by atoms with Gasteiger partial charge in [0.2, 0.25) is 0 Å². The maximum absolute atomic E-state index is 5.74. The standard InChI is InChI=1S/C15H18O/c1-4-9-15(13(3)5-2)16-12-14-10-7-6-8-11-14/h4-11H,1,12H2,2-3H3/b13-5-,15-9+. The smallest absolute Gasteiger partial charge is 0.122 e. The Morgan fingerprint density at radius 2 is 2.00 bits per heavy atom. The first-order chi connectivity index (χ1) is 7.77. The lowest BCUT2D eigenvalue weighted by atomic mass is 10.2. The van der Waals surface area contributed by atoms with E-state index in [1.807, 2.05) is 44.2 Å². The Morgan fingerprint density at radius 3 is 2.56 bits per heavy atom. The number of hydrogen-bond donors (Lipinski definition) is 0. The molecule has 0 N–H and O–H groups in total. The summed E-state index contributed by atoms with van der Waals surface area (Å²) in [5.74, 6) is 0.876. The molecule has 0 unspecified atom stereocenters. The van der Waals surface area contributed by atoms with E-state index in [0.29, 0.717) is 6.61 Å². The highest BCUT2D eigenvalue weighted by Crippen LogP contribution is 2.13. The fourth-order valence-electron chi connectivity index (χ4n) is 1.28. The maximum atomic E-state index is 5.74. The van der Waals surface area contributed by atoms with Gasteiger partial charge in [-0.15, -0.1) is 0 Å². The monoisotopic (exact) mass is 214 g/mol. The second kappa shape index (κ2) is 6.67. The summed E-state index contributed by atoms with van der Waals surface area (Å²) in [6.07, 6.45) is 5.66. The van der Waals surface area contributed by atoms with Crippen LogP contribution in [0.2, 0.25) is 0 Å². The Bertz CT molecular complexity index is 385. The minimum absolute atomic E-state index is 0.589. The van der Waals surface area contributed by atoms with Crippen LogP contribution in [0.4, 0.5) is 0 Å². The van der Waals surface area contributed by atoms with Crippen molar-refractivity contribution in [2.24, 2.45) is 0 Å². The van der Waals surface area contributed by atoms with Crippen molar-refractivity contribution < 1.29 is 4.74 Å². The molecule has 0 amide bonds. The highest BCUT2D eigenvalue weighted by Gasteiger charge is 1.99. The lowest BCUT2D eigenvalue weighted by Gasteiger charge is -2.10. The van der Waals surface area contributed by atoms with E-state index in [1.54, 1.807) is 6.08 Å². The van der Waals surface area contributed by atoms with Crippen LogP contribution in [-0.4, -0.2) is 0 Å². The van der Waals surface area contributed by atoms with E-state index in [2.05, 4.69) is 18.7 Å². The molecule has 0 bridgehead atoms. The first-order valence-corrected chi connectivity index (χ1v) is 5.40. The first kappa shape index (κ1) is 12.3. The van der Waals surface area contributed by atoms with Crippen molar-refractivity contribution in [1.82, 2.24) is 0 Å². The Hall–Kier alpha value is -1.76. The van der Waals surface area contributed by atoms with E-state index in [9.17, 15) is 0 Å². The largest absolute Gasteiger partial charge is 0.489 e. The normalized spacial score (nSPS) is 12.4. The van der Waals surface area contributed by atoms with Gasteiger partial charge in [-0.05, 0) is 31.1 Å². The average Bonchev–Trinajstić information content (AvgIpc) is 2.34. The highest BCUT2D eigenvalue weighted by molar-refractivity contribution is 5.26. The quantitative estimate of drug-likeness (QED) is 0.526. The molecule has 0 saturated heterocycles. The summed E-state index contributed by atoms with van der Waals surface area (Å²) >= 11 is 0. The van der Waals surface area contributed by atoms with Gasteiger partial charge in [-0.1, -0.05) is 49.1 Å². The summed E-state index contributed by atoms with van der Waals surface area (Å²) in [5.41, 5.74) is 2.29. The molecule has 1 rings (SSSR count). The van der Waals surface area contributed by atoms with Gasteiger partial charge in [0.05, 0.1) is 0 Å². The molecule has 0 heterocycles. The molecule has 0 aromatic heterocycles. The molecule has 16 heavy (non-hydrogen) atoms. The highest BCUT2D eigenvalue weighted by atomic mass is 16.5. The van der Waals surface area contributed by atoms with Gasteiger partial charge < -0.3 is 4.74 Å². The van der Waals surface area contributed by atoms with Crippen LogP contribution in [0.25, 0.3) is 0 Å². The molecule has 1 heteroatoms. The van der Waals surface area contributed by atoms with Gasteiger partial charge in [0.15, 0.2) is 0 Å². The van der Waals surface area contributed by atoms with E-state index in [4.69, 9.17) is 4.74 Å². The second-order valence-corrected chi connectivity index (χ2v) is 3.51. The molecule has 0 atom stereocenters. The van der Waals surface area contributed by atoms with Crippen LogP contribution in [0.15, 0.2) is 66.5 Å². The maximum Gasteiger partial charge on any atom is 0.122 e. The molecule has 0 saturated carbocycles. The number of rotatable bonds is 5. The zero-order valence-corrected chi connectivity index (χ0v) is 9.94. The van der Waals surface area contributed by atoms with Crippen molar-refractivity contribution in [2.45, 2.75) is 20.5 Å². The van der Waals surface area contributed by atoms with Crippen LogP contribution in [0.1, 0.15) is 19.4 Å². The van der Waals surface area contributed by atoms with Crippen LogP contribution in [0.3, 0.4) is 0 Å². The molecule has 0 spiro atoms. The minimum Gasteiger partial charge on any atom is -0.489 e. The molecule has 0 aliphatic rings. The third-order valence-electron chi connectivity index (χ3n) is 2.33. The van der Waals surface area contributed by atoms with Crippen LogP contribution in [-0.2, 0) is 11.3 Å². The summed E-state index contributed by atoms with van der Waals surface area (Å²) in [4.78, 5) is 0. The molecule has 84 valence electrons. The molecular formula is C15H18O. The Labute approximate surface area is 97.8 Å². The Morgan fingerprint density at radius 1 is 1.31 bits per heavy atom. The van der Waals surface area contributed by atoms with Crippen molar-refractivity contribution in [2.75, 3.05) is 0 Å². The SMILES string of the molecule is C=C/C=C(OCc1ccccc1)\C(C)=C/C. The van der Waals surface area contributed by atoms with Crippen molar-refractivity contribution in [3.8, 4) is 0 Å². The first-order valence-electron chi connectivity index (χ1n) is 5.40. The molecule has 0 aliphatic heterocycles. The fraction of sp³-hybridized carbons (Fsp3) is 0.200. The summed E-state index contributed by atoms with van der Waals surface area (Å²) in [6.45, 7) is 8.30. The van der Waals surface area contributed by atoms with Gasteiger partial charge >= 0.3 is 0 Å². The second-order valence-electron chi connectivity index (χ2n) is 3.51. The molecule has 0 fully saturated rings. The lowest BCUT2D eigenvalue weighted by Crippen LogP contribution is -1.95. The van der Waals surface area contributed by atoms with Crippen LogP contribution in [0, 0.1) is 0 Å². The molecule has 0 radical (unpaired) electrons. The number of benzene rings is 1. The summed E-state index contributed by atoms with van der Waals surface area (Å²) in [6, 6.07) is 10.1. The molecule has 0 aliphatic carbocycles. The van der Waals surface area contributed by atoms with Crippen molar-refractivity contribution in [3.05, 3.63) is 72.0 Å². The van der Waals surface area contributed by atoms with Gasteiger partial charge in [-0.2, -0.15) is 0 Å². The summed E-state index contributed by atoms with van der Waals surface area (Å²) < 4.78 is 5.74. The molecular weight excluding hydrogens is 196 g/mol. The third-order valence-corrected chi connectivity index (χ3v) is 2.33. The molecule has 1 aromatic rings. The van der Waals surface area contributed by atoms with Gasteiger partial charge in [0, 0.05) is 0 Å². The summed E-state index contributed by atoms with van der Waals surface area (Å²) in [7, 11) is 0. The third kappa shape index (κ3) is 3.77. The van der Waals surface area contributed by atoms with E-state index in [1.165, 1.54) is 5.56 Å². The Balaban J connectivity index is 2.65. The van der Waals surface area contributed by atoms with Crippen molar-refractivity contribution in [1.29, 1.82) is 0 Å². The van der Waals surface area contributed by atoms with Crippen LogP contribution < -0.4 is 0 Å². The minimum atomic E-state index is 0.589. The van der Waals surface area contributed by atoms with Gasteiger partial charge in [0.25, 0.3) is 0 Å².